The number of hydrogen-bond acceptors (Lipinski definition) is 8. The van der Waals surface area contributed by atoms with Crippen LogP contribution in [0.4, 0.5) is 4.79 Å². The van der Waals surface area contributed by atoms with Crippen molar-refractivity contribution in [2.24, 2.45) is 5.92 Å². The molecule has 3 aliphatic heterocycles. The van der Waals surface area contributed by atoms with Gasteiger partial charge in [-0.15, -0.1) is 0 Å². The van der Waals surface area contributed by atoms with Crippen molar-refractivity contribution in [3.05, 3.63) is 35.9 Å². The Kier molecular flexibility index (Phi) is 10.2. The number of aliphatic hydroxyl groups is 1. The average molecular weight is 547 g/mol. The lowest BCUT2D eigenvalue weighted by Gasteiger charge is -2.41. The second-order valence-electron chi connectivity index (χ2n) is 10.8. The molecule has 0 radical (unpaired) electrons. The van der Waals surface area contributed by atoms with Gasteiger partial charge in [0, 0.05) is 45.9 Å². The highest BCUT2D eigenvalue weighted by molar-refractivity contribution is 5.89. The van der Waals surface area contributed by atoms with Crippen molar-refractivity contribution in [2.45, 2.75) is 69.8 Å². The van der Waals surface area contributed by atoms with Gasteiger partial charge in [0.1, 0.15) is 18.8 Å². The number of aliphatic hydroxyl groups excluding tert-OH is 1. The molecule has 216 valence electrons. The average Bonchev–Trinajstić information content (AvgIpc) is 3.63. The van der Waals surface area contributed by atoms with Gasteiger partial charge >= 0.3 is 6.09 Å². The number of benzene rings is 1. The minimum Gasteiger partial charge on any atom is -0.445 e. The topological polar surface area (TPSA) is 121 Å². The summed E-state index contributed by atoms with van der Waals surface area (Å²) in [4.78, 5) is 44.2. The van der Waals surface area contributed by atoms with E-state index >= 15 is 0 Å². The summed E-state index contributed by atoms with van der Waals surface area (Å²) in [6, 6.07) is 8.82. The van der Waals surface area contributed by atoms with Crippen LogP contribution in [0, 0.1) is 5.92 Å². The van der Waals surface area contributed by atoms with E-state index in [1.807, 2.05) is 49.2 Å². The Balaban J connectivity index is 1.22. The maximum atomic E-state index is 13.3. The molecule has 3 saturated heterocycles. The van der Waals surface area contributed by atoms with Gasteiger partial charge < -0.3 is 34.4 Å². The lowest BCUT2D eigenvalue weighted by molar-refractivity contribution is -0.243. The first-order valence-corrected chi connectivity index (χ1v) is 13.9. The van der Waals surface area contributed by atoms with E-state index in [9.17, 15) is 19.5 Å². The lowest BCUT2D eigenvalue weighted by atomic mass is 9.99. The highest BCUT2D eigenvalue weighted by atomic mass is 16.7. The minimum absolute atomic E-state index is 0.0457. The molecule has 0 spiro atoms. The van der Waals surface area contributed by atoms with Crippen molar-refractivity contribution in [1.82, 2.24) is 20.0 Å². The van der Waals surface area contributed by atoms with Gasteiger partial charge in [0.05, 0.1) is 12.0 Å². The predicted molar refractivity (Wildman–Crippen MR) is 142 cm³/mol. The minimum atomic E-state index is -0.781. The SMILES string of the molecule is CO[C@@H]1O[C@H](C)C[C@H](N(C)CCNC(=O)[C@@H]2CCCN2C(=O)C2CCN(C(=O)OCc3ccccc3)C2)[C@H]1O. The molecule has 0 saturated carbocycles. The van der Waals surface area contributed by atoms with Crippen molar-refractivity contribution in [1.29, 1.82) is 0 Å². The predicted octanol–water partition coefficient (Wildman–Crippen LogP) is 1.19. The Bertz CT molecular complexity index is 980. The maximum Gasteiger partial charge on any atom is 0.410 e. The van der Waals surface area contributed by atoms with E-state index in [0.29, 0.717) is 52.0 Å². The van der Waals surface area contributed by atoms with Gasteiger partial charge in [0.2, 0.25) is 11.8 Å². The molecule has 4 rings (SSSR count). The number of amides is 3. The number of likely N-dealkylation sites (tertiary alicyclic amines) is 2. The van der Waals surface area contributed by atoms with Gasteiger partial charge in [0.15, 0.2) is 6.29 Å². The highest BCUT2D eigenvalue weighted by Gasteiger charge is 2.41. The van der Waals surface area contributed by atoms with Crippen LogP contribution in [0.25, 0.3) is 0 Å². The molecule has 3 fully saturated rings. The molecule has 3 amide bonds. The third-order valence-electron chi connectivity index (χ3n) is 8.01. The molecule has 6 atom stereocenters. The zero-order valence-corrected chi connectivity index (χ0v) is 23.2. The first-order valence-electron chi connectivity index (χ1n) is 13.9. The van der Waals surface area contributed by atoms with Crippen LogP contribution in [0.1, 0.15) is 38.2 Å². The van der Waals surface area contributed by atoms with E-state index < -0.39 is 24.5 Å². The van der Waals surface area contributed by atoms with Crippen LogP contribution in [0.15, 0.2) is 30.3 Å². The van der Waals surface area contributed by atoms with Crippen molar-refractivity contribution in [2.75, 3.05) is 46.9 Å². The molecule has 2 N–H and O–H groups in total. The van der Waals surface area contributed by atoms with Crippen molar-refractivity contribution >= 4 is 17.9 Å². The van der Waals surface area contributed by atoms with Crippen LogP contribution in [0.5, 0.6) is 0 Å². The largest absolute Gasteiger partial charge is 0.445 e. The Morgan fingerprint density at radius 1 is 1.18 bits per heavy atom. The summed E-state index contributed by atoms with van der Waals surface area (Å²) in [5.74, 6) is -0.574. The van der Waals surface area contributed by atoms with Crippen molar-refractivity contribution < 1.29 is 33.7 Å². The molecule has 0 aromatic heterocycles. The van der Waals surface area contributed by atoms with E-state index in [1.165, 1.54) is 7.11 Å². The van der Waals surface area contributed by atoms with Gasteiger partial charge in [-0.05, 0) is 45.2 Å². The van der Waals surface area contributed by atoms with Crippen LogP contribution in [-0.2, 0) is 30.4 Å². The number of nitrogens with zero attached hydrogens (tertiary/aromatic N) is 3. The summed E-state index contributed by atoms with van der Waals surface area (Å²) >= 11 is 0. The van der Waals surface area contributed by atoms with Crippen LogP contribution < -0.4 is 5.32 Å². The number of rotatable bonds is 9. The summed E-state index contributed by atoms with van der Waals surface area (Å²) in [7, 11) is 3.42. The molecule has 1 aromatic rings. The van der Waals surface area contributed by atoms with E-state index in [2.05, 4.69) is 5.32 Å². The molecule has 11 nitrogen and oxygen atoms in total. The summed E-state index contributed by atoms with van der Waals surface area (Å²) < 4.78 is 16.3. The van der Waals surface area contributed by atoms with Crippen molar-refractivity contribution in [3.8, 4) is 0 Å². The third kappa shape index (κ3) is 7.27. The number of carbonyl (C=O) groups is 3. The van der Waals surface area contributed by atoms with Gasteiger partial charge in [-0.2, -0.15) is 0 Å². The van der Waals surface area contributed by atoms with Crippen LogP contribution >= 0.6 is 0 Å². The fourth-order valence-corrected chi connectivity index (χ4v) is 5.78. The number of nitrogens with one attached hydrogen (secondary N) is 1. The van der Waals surface area contributed by atoms with E-state index in [-0.39, 0.29) is 36.5 Å². The molecular formula is C28H42N4O7. The monoisotopic (exact) mass is 546 g/mol. The highest BCUT2D eigenvalue weighted by Crippen LogP contribution is 2.26. The fraction of sp³-hybridized carbons (Fsp3) is 0.679. The smallest absolute Gasteiger partial charge is 0.410 e. The van der Waals surface area contributed by atoms with Gasteiger partial charge in [-0.1, -0.05) is 30.3 Å². The molecule has 0 aliphatic carbocycles. The number of methoxy groups -OCH3 is 1. The Labute approximate surface area is 230 Å². The van der Waals surface area contributed by atoms with E-state index in [0.717, 1.165) is 12.0 Å². The summed E-state index contributed by atoms with van der Waals surface area (Å²) in [6.07, 6.45) is 0.684. The number of hydrogen-bond donors (Lipinski definition) is 2. The van der Waals surface area contributed by atoms with Crippen LogP contribution in [0.3, 0.4) is 0 Å². The fourth-order valence-electron chi connectivity index (χ4n) is 5.78. The first-order chi connectivity index (χ1) is 18.8. The molecule has 3 aliphatic rings. The summed E-state index contributed by atoms with van der Waals surface area (Å²) in [6.45, 7) is 4.38. The quantitative estimate of drug-likeness (QED) is 0.474. The summed E-state index contributed by atoms with van der Waals surface area (Å²) in [5, 5.41) is 13.6. The molecule has 39 heavy (non-hydrogen) atoms. The maximum absolute atomic E-state index is 13.3. The zero-order chi connectivity index (χ0) is 27.9. The van der Waals surface area contributed by atoms with Gasteiger partial charge in [-0.25, -0.2) is 4.79 Å². The Morgan fingerprint density at radius 2 is 1.95 bits per heavy atom. The zero-order valence-electron chi connectivity index (χ0n) is 23.2. The molecule has 11 heteroatoms. The van der Waals surface area contributed by atoms with E-state index in [4.69, 9.17) is 14.2 Å². The van der Waals surface area contributed by atoms with E-state index in [1.54, 1.807) is 9.80 Å². The van der Waals surface area contributed by atoms with Crippen molar-refractivity contribution in [3.63, 3.8) is 0 Å². The Morgan fingerprint density at radius 3 is 2.69 bits per heavy atom. The van der Waals surface area contributed by atoms with Crippen LogP contribution in [-0.4, -0.2) is 115 Å². The lowest BCUT2D eigenvalue weighted by Crippen LogP contribution is -2.56. The molecule has 3 heterocycles. The molecule has 0 bridgehead atoms. The normalized spacial score (nSPS) is 29.1. The molecular weight excluding hydrogens is 504 g/mol. The van der Waals surface area contributed by atoms with Gasteiger partial charge in [0.25, 0.3) is 0 Å². The molecule has 1 aromatic carbocycles. The number of ether oxygens (including phenoxy) is 3. The third-order valence-corrected chi connectivity index (χ3v) is 8.01. The molecule has 1 unspecified atom stereocenters. The summed E-state index contributed by atoms with van der Waals surface area (Å²) in [5.41, 5.74) is 0.910. The second kappa shape index (κ2) is 13.6. The Hall–Kier alpha value is -2.73. The first kappa shape index (κ1) is 29.3. The second-order valence-corrected chi connectivity index (χ2v) is 10.8. The standard InChI is InChI=1S/C28H42N4O7/c1-19-16-23(24(33)27(37-3)39-19)30(2)15-12-29-25(34)22-10-7-13-32(22)26(35)21-11-14-31(17-21)28(36)38-18-20-8-5-4-6-9-20/h4-6,8-9,19,21-24,27,33H,7,10-18H2,1-3H3,(H,29,34)/t19-,21?,22+,23+,24-,27-/m1/s1. The number of likely N-dealkylation sites (N-methyl/N-ethyl adjacent to an activating group) is 1. The number of carbonyl (C=O) groups excluding carboxylic acids is 3. The van der Waals surface area contributed by atoms with Gasteiger partial charge in [-0.3, -0.25) is 14.5 Å². The van der Waals surface area contributed by atoms with Crippen LogP contribution in [0.2, 0.25) is 0 Å².